The molecule has 0 radical (unpaired) electrons. The van der Waals surface area contributed by atoms with Gasteiger partial charge in [-0.1, -0.05) is 30.3 Å². The molecule has 2 aliphatic rings. The van der Waals surface area contributed by atoms with Gasteiger partial charge in [0.25, 0.3) is 5.91 Å². The van der Waals surface area contributed by atoms with Crippen molar-refractivity contribution in [3.63, 3.8) is 0 Å². The minimum atomic E-state index is -0.623. The van der Waals surface area contributed by atoms with Gasteiger partial charge in [0.15, 0.2) is 0 Å². The van der Waals surface area contributed by atoms with E-state index in [1.165, 1.54) is 29.3 Å². The van der Waals surface area contributed by atoms with Gasteiger partial charge in [-0.05, 0) is 29.8 Å². The summed E-state index contributed by atoms with van der Waals surface area (Å²) >= 11 is 0. The van der Waals surface area contributed by atoms with Gasteiger partial charge in [0, 0.05) is 5.56 Å². The standard InChI is InChI=1S/C19H17FN2O3/c20-16-8-6-15(7-9-16)18(24)21-12-19(13-21)10-17(23)22(25-19)11-14-4-2-1-3-5-14/h1-9H,10-13H2. The van der Waals surface area contributed by atoms with Crippen LogP contribution in [0.1, 0.15) is 22.3 Å². The number of rotatable bonds is 3. The lowest BCUT2D eigenvalue weighted by Crippen LogP contribution is -2.63. The Morgan fingerprint density at radius 1 is 1.08 bits per heavy atom. The summed E-state index contributed by atoms with van der Waals surface area (Å²) < 4.78 is 13.0. The Labute approximate surface area is 144 Å². The van der Waals surface area contributed by atoms with Crippen molar-refractivity contribution in [2.24, 2.45) is 0 Å². The number of likely N-dealkylation sites (tertiary alicyclic amines) is 1. The molecule has 2 aromatic rings. The fourth-order valence-electron chi connectivity index (χ4n) is 3.29. The Morgan fingerprint density at radius 2 is 1.76 bits per heavy atom. The second-order valence-corrected chi connectivity index (χ2v) is 6.54. The molecule has 2 saturated heterocycles. The predicted molar refractivity (Wildman–Crippen MR) is 87.7 cm³/mol. The molecule has 6 heteroatoms. The fourth-order valence-corrected chi connectivity index (χ4v) is 3.29. The quantitative estimate of drug-likeness (QED) is 0.862. The zero-order valence-electron chi connectivity index (χ0n) is 13.5. The third kappa shape index (κ3) is 3.00. The number of hydrogen-bond acceptors (Lipinski definition) is 3. The van der Waals surface area contributed by atoms with Crippen LogP contribution in [0.5, 0.6) is 0 Å². The minimum absolute atomic E-state index is 0.0715. The van der Waals surface area contributed by atoms with Crippen LogP contribution in [-0.4, -0.2) is 40.5 Å². The fraction of sp³-hybridized carbons (Fsp3) is 0.263. The number of amides is 2. The Kier molecular flexibility index (Phi) is 3.77. The third-order valence-corrected chi connectivity index (χ3v) is 4.56. The second-order valence-electron chi connectivity index (χ2n) is 6.54. The summed E-state index contributed by atoms with van der Waals surface area (Å²) in [5, 5.41) is 1.38. The van der Waals surface area contributed by atoms with E-state index in [0.29, 0.717) is 25.2 Å². The molecule has 0 saturated carbocycles. The van der Waals surface area contributed by atoms with Crippen LogP contribution in [0.25, 0.3) is 0 Å². The zero-order chi connectivity index (χ0) is 17.4. The van der Waals surface area contributed by atoms with Gasteiger partial charge in [0.1, 0.15) is 11.4 Å². The summed E-state index contributed by atoms with van der Waals surface area (Å²) in [7, 11) is 0. The van der Waals surface area contributed by atoms with Crippen LogP contribution in [0, 0.1) is 5.82 Å². The molecule has 0 atom stereocenters. The van der Waals surface area contributed by atoms with Crippen LogP contribution in [-0.2, 0) is 16.2 Å². The van der Waals surface area contributed by atoms with Crippen LogP contribution < -0.4 is 0 Å². The SMILES string of the molecule is O=C(c1ccc(F)cc1)N1CC2(CC(=O)N(Cc3ccccc3)O2)C1. The summed E-state index contributed by atoms with van der Waals surface area (Å²) in [6.45, 7) is 1.12. The first kappa shape index (κ1) is 15.8. The summed E-state index contributed by atoms with van der Waals surface area (Å²) in [6, 6.07) is 15.1. The van der Waals surface area contributed by atoms with Gasteiger partial charge in [-0.2, -0.15) is 0 Å². The first-order valence-corrected chi connectivity index (χ1v) is 8.13. The molecule has 2 heterocycles. The molecule has 1 spiro atoms. The largest absolute Gasteiger partial charge is 0.332 e. The molecule has 2 aromatic carbocycles. The number of halogens is 1. The van der Waals surface area contributed by atoms with Crippen LogP contribution in [0.4, 0.5) is 4.39 Å². The first-order chi connectivity index (χ1) is 12.0. The van der Waals surface area contributed by atoms with Crippen LogP contribution in [0.3, 0.4) is 0 Å². The van der Waals surface area contributed by atoms with E-state index in [1.54, 1.807) is 4.90 Å². The molecular formula is C19H17FN2O3. The molecule has 2 aliphatic heterocycles. The van der Waals surface area contributed by atoms with Crippen molar-refractivity contribution in [2.45, 2.75) is 18.6 Å². The van der Waals surface area contributed by atoms with Crippen molar-refractivity contribution in [3.05, 3.63) is 71.5 Å². The van der Waals surface area contributed by atoms with Gasteiger partial charge in [-0.25, -0.2) is 9.45 Å². The molecule has 2 amide bonds. The summed E-state index contributed by atoms with van der Waals surface area (Å²) in [4.78, 5) is 32.1. The molecule has 0 unspecified atom stereocenters. The summed E-state index contributed by atoms with van der Waals surface area (Å²) in [6.07, 6.45) is 0.271. The highest BCUT2D eigenvalue weighted by molar-refractivity contribution is 5.95. The second kappa shape index (κ2) is 5.97. The van der Waals surface area contributed by atoms with E-state index in [1.807, 2.05) is 30.3 Å². The Hall–Kier alpha value is -2.73. The van der Waals surface area contributed by atoms with Crippen molar-refractivity contribution in [3.8, 4) is 0 Å². The van der Waals surface area contributed by atoms with Crippen molar-refractivity contribution in [2.75, 3.05) is 13.1 Å². The normalized spacial score (nSPS) is 18.5. The number of nitrogens with zero attached hydrogens (tertiary/aromatic N) is 2. The lowest BCUT2D eigenvalue weighted by molar-refractivity contribution is -0.233. The van der Waals surface area contributed by atoms with Gasteiger partial charge in [0.05, 0.1) is 26.1 Å². The minimum Gasteiger partial charge on any atom is -0.332 e. The molecule has 0 aromatic heterocycles. The molecular weight excluding hydrogens is 323 g/mol. The van der Waals surface area contributed by atoms with Gasteiger partial charge < -0.3 is 4.90 Å². The lowest BCUT2D eigenvalue weighted by Gasteiger charge is -2.45. The molecule has 25 heavy (non-hydrogen) atoms. The maximum absolute atomic E-state index is 13.0. The van der Waals surface area contributed by atoms with Crippen LogP contribution in [0.15, 0.2) is 54.6 Å². The van der Waals surface area contributed by atoms with Gasteiger partial charge in [-0.3, -0.25) is 14.4 Å². The third-order valence-electron chi connectivity index (χ3n) is 4.56. The van der Waals surface area contributed by atoms with E-state index in [0.717, 1.165) is 5.56 Å². The molecule has 128 valence electrons. The van der Waals surface area contributed by atoms with E-state index in [2.05, 4.69) is 0 Å². The number of benzene rings is 2. The van der Waals surface area contributed by atoms with Gasteiger partial charge in [0.2, 0.25) is 5.91 Å². The first-order valence-electron chi connectivity index (χ1n) is 8.13. The Bertz CT molecular complexity index is 801. The summed E-state index contributed by atoms with van der Waals surface area (Å²) in [5.41, 5.74) is 0.801. The van der Waals surface area contributed by atoms with E-state index in [9.17, 15) is 14.0 Å². The number of hydrogen-bond donors (Lipinski definition) is 0. The van der Waals surface area contributed by atoms with E-state index < -0.39 is 5.60 Å². The monoisotopic (exact) mass is 340 g/mol. The number of carbonyl (C=O) groups is 2. The average Bonchev–Trinajstić information content (AvgIpc) is 2.91. The van der Waals surface area contributed by atoms with Gasteiger partial charge in [-0.15, -0.1) is 0 Å². The molecule has 5 nitrogen and oxygen atoms in total. The smallest absolute Gasteiger partial charge is 0.254 e. The van der Waals surface area contributed by atoms with Crippen LogP contribution in [0.2, 0.25) is 0 Å². The van der Waals surface area contributed by atoms with Crippen LogP contribution >= 0.6 is 0 Å². The molecule has 4 rings (SSSR count). The van der Waals surface area contributed by atoms with Crippen molar-refractivity contribution >= 4 is 11.8 Å². The van der Waals surface area contributed by atoms with Crippen molar-refractivity contribution in [1.29, 1.82) is 0 Å². The molecule has 0 bridgehead atoms. The van der Waals surface area contributed by atoms with Gasteiger partial charge >= 0.3 is 0 Å². The highest BCUT2D eigenvalue weighted by atomic mass is 19.1. The van der Waals surface area contributed by atoms with Crippen molar-refractivity contribution in [1.82, 2.24) is 9.96 Å². The molecule has 2 fully saturated rings. The van der Waals surface area contributed by atoms with E-state index in [-0.39, 0.29) is 24.1 Å². The highest BCUT2D eigenvalue weighted by Gasteiger charge is 2.54. The topological polar surface area (TPSA) is 49.9 Å². The highest BCUT2D eigenvalue weighted by Crippen LogP contribution is 2.37. The van der Waals surface area contributed by atoms with E-state index >= 15 is 0 Å². The summed E-state index contributed by atoms with van der Waals surface area (Å²) in [5.74, 6) is -0.626. The molecule has 0 N–H and O–H groups in total. The number of hydroxylamine groups is 2. The van der Waals surface area contributed by atoms with Crippen molar-refractivity contribution < 1.29 is 18.8 Å². The Morgan fingerprint density at radius 3 is 2.44 bits per heavy atom. The zero-order valence-corrected chi connectivity index (χ0v) is 13.5. The van der Waals surface area contributed by atoms with E-state index in [4.69, 9.17) is 4.84 Å². The maximum atomic E-state index is 13.0. The predicted octanol–water partition coefficient (Wildman–Crippen LogP) is 2.38. The Balaban J connectivity index is 1.38. The average molecular weight is 340 g/mol. The maximum Gasteiger partial charge on any atom is 0.254 e. The molecule has 0 aliphatic carbocycles. The number of carbonyl (C=O) groups excluding carboxylic acids is 2. The lowest BCUT2D eigenvalue weighted by atomic mass is 9.90.